The number of aliphatic imine (C=N–C) groups is 1. The number of likely N-dealkylation sites (tertiary alicyclic amines) is 1. The number of hydrogen-bond donors (Lipinski definition) is 3. The van der Waals surface area contributed by atoms with Crippen molar-refractivity contribution < 1.29 is 9.59 Å². The maximum atomic E-state index is 12.4. The van der Waals surface area contributed by atoms with Gasteiger partial charge in [-0.3, -0.25) is 14.7 Å². The second-order valence-electron chi connectivity index (χ2n) is 8.82. The number of rotatable bonds is 7. The van der Waals surface area contributed by atoms with Crippen molar-refractivity contribution in [3.05, 3.63) is 0 Å². The number of carbonyl (C=O) groups excluding carboxylic acids is 2. The summed E-state index contributed by atoms with van der Waals surface area (Å²) in [5, 5.41) is 9.66. The van der Waals surface area contributed by atoms with Gasteiger partial charge in [0.25, 0.3) is 5.91 Å². The maximum absolute atomic E-state index is 12.4. The highest BCUT2D eigenvalue weighted by atomic mass is 127. The van der Waals surface area contributed by atoms with Crippen LogP contribution in [0, 0.1) is 0 Å². The van der Waals surface area contributed by atoms with Crippen LogP contribution in [0.1, 0.15) is 65.2 Å². The molecule has 8 nitrogen and oxygen atoms in total. The zero-order valence-corrected chi connectivity index (χ0v) is 21.0. The Bertz CT molecular complexity index is 617. The Morgan fingerprint density at radius 2 is 1.87 bits per heavy atom. The summed E-state index contributed by atoms with van der Waals surface area (Å²) < 4.78 is 0. The number of guanidine groups is 1. The fourth-order valence-electron chi connectivity index (χ4n) is 4.70. The minimum atomic E-state index is -0.754. The Morgan fingerprint density at radius 3 is 2.43 bits per heavy atom. The molecule has 1 unspecified atom stereocenters. The van der Waals surface area contributed by atoms with Crippen LogP contribution in [0.15, 0.2) is 4.99 Å². The van der Waals surface area contributed by atoms with Crippen LogP contribution in [0.3, 0.4) is 0 Å². The second-order valence-corrected chi connectivity index (χ2v) is 8.82. The Kier molecular flexibility index (Phi) is 9.65. The summed E-state index contributed by atoms with van der Waals surface area (Å²) in [6, 6.07) is 0.986. The zero-order valence-electron chi connectivity index (χ0n) is 18.7. The van der Waals surface area contributed by atoms with Crippen molar-refractivity contribution in [3.8, 4) is 0 Å². The van der Waals surface area contributed by atoms with Crippen LogP contribution in [0.5, 0.6) is 0 Å². The molecule has 3 rings (SSSR count). The third-order valence-electron chi connectivity index (χ3n) is 6.84. The Morgan fingerprint density at radius 1 is 1.20 bits per heavy atom. The Balaban J connectivity index is 0.00000320. The molecule has 1 atom stereocenters. The molecule has 0 bridgehead atoms. The largest absolute Gasteiger partial charge is 0.356 e. The average Bonchev–Trinajstić information content (AvgIpc) is 3.33. The van der Waals surface area contributed by atoms with E-state index in [2.05, 4.69) is 25.8 Å². The molecule has 3 fully saturated rings. The van der Waals surface area contributed by atoms with Crippen LogP contribution in [-0.4, -0.2) is 78.5 Å². The van der Waals surface area contributed by atoms with E-state index in [9.17, 15) is 9.59 Å². The first kappa shape index (κ1) is 25.2. The third kappa shape index (κ3) is 5.99. The van der Waals surface area contributed by atoms with Crippen LogP contribution >= 0.6 is 24.0 Å². The van der Waals surface area contributed by atoms with Gasteiger partial charge in [-0.05, 0) is 45.4 Å². The molecule has 0 aromatic carbocycles. The topological polar surface area (TPSA) is 89.1 Å². The van der Waals surface area contributed by atoms with E-state index in [1.807, 2.05) is 6.92 Å². The lowest BCUT2D eigenvalue weighted by atomic mass is 9.99. The molecule has 1 saturated carbocycles. The van der Waals surface area contributed by atoms with Crippen molar-refractivity contribution in [2.24, 2.45) is 4.99 Å². The van der Waals surface area contributed by atoms with E-state index in [4.69, 9.17) is 0 Å². The highest BCUT2D eigenvalue weighted by molar-refractivity contribution is 14.0. The van der Waals surface area contributed by atoms with E-state index < -0.39 is 5.54 Å². The number of hydrogen-bond acceptors (Lipinski definition) is 4. The summed E-state index contributed by atoms with van der Waals surface area (Å²) in [5.41, 5.74) is -0.754. The van der Waals surface area contributed by atoms with Crippen LogP contribution in [0.2, 0.25) is 0 Å². The van der Waals surface area contributed by atoms with E-state index in [0.717, 1.165) is 24.8 Å². The van der Waals surface area contributed by atoms with E-state index in [-0.39, 0.29) is 35.9 Å². The van der Waals surface area contributed by atoms with Gasteiger partial charge >= 0.3 is 6.03 Å². The summed E-state index contributed by atoms with van der Waals surface area (Å²) in [6.07, 6.45) is 9.11. The van der Waals surface area contributed by atoms with E-state index in [0.29, 0.717) is 32.0 Å². The Hall–Kier alpha value is -1.10. The summed E-state index contributed by atoms with van der Waals surface area (Å²) >= 11 is 0. The summed E-state index contributed by atoms with van der Waals surface area (Å²) in [5.74, 6) is 0.682. The van der Waals surface area contributed by atoms with E-state index >= 15 is 0 Å². The van der Waals surface area contributed by atoms with Gasteiger partial charge in [0.05, 0.1) is 0 Å². The van der Waals surface area contributed by atoms with E-state index in [1.165, 1.54) is 43.7 Å². The zero-order chi connectivity index (χ0) is 20.9. The van der Waals surface area contributed by atoms with Gasteiger partial charge in [-0.2, -0.15) is 0 Å². The predicted molar refractivity (Wildman–Crippen MR) is 130 cm³/mol. The molecule has 0 spiro atoms. The van der Waals surface area contributed by atoms with Crippen LogP contribution in [0.25, 0.3) is 0 Å². The van der Waals surface area contributed by atoms with Gasteiger partial charge in [-0.25, -0.2) is 4.79 Å². The molecule has 0 aromatic rings. The normalized spacial score (nSPS) is 26.6. The number of nitrogens with zero attached hydrogens (tertiary/aromatic N) is 3. The lowest BCUT2D eigenvalue weighted by Gasteiger charge is -2.36. The summed E-state index contributed by atoms with van der Waals surface area (Å²) in [4.78, 5) is 32.8. The van der Waals surface area contributed by atoms with Crippen molar-refractivity contribution in [3.63, 3.8) is 0 Å². The average molecular weight is 534 g/mol. The van der Waals surface area contributed by atoms with Crippen molar-refractivity contribution in [2.75, 3.05) is 33.2 Å². The molecule has 0 radical (unpaired) electrons. The molecule has 1 aliphatic carbocycles. The van der Waals surface area contributed by atoms with Crippen molar-refractivity contribution in [2.45, 2.75) is 82.8 Å². The monoisotopic (exact) mass is 534 g/mol. The standard InChI is InChI=1S/C21H38N6O2.HI/c1-4-21(2)18(28)27(20(29)25-21)13-7-12-23-19(22-3)24-16-10-14-26(15-11-16)17-8-5-6-9-17;/h16-17H,4-15H2,1-3H3,(H,25,29)(H2,22,23,24);1H. The van der Waals surface area contributed by atoms with Gasteiger partial charge in [0.15, 0.2) is 5.96 Å². The molecular weight excluding hydrogens is 495 g/mol. The first-order chi connectivity index (χ1) is 14.0. The molecule has 3 N–H and O–H groups in total. The number of carbonyl (C=O) groups is 2. The molecule has 9 heteroatoms. The first-order valence-electron chi connectivity index (χ1n) is 11.3. The first-order valence-corrected chi connectivity index (χ1v) is 11.3. The fourth-order valence-corrected chi connectivity index (χ4v) is 4.70. The molecule has 3 aliphatic rings. The number of amides is 3. The second kappa shape index (κ2) is 11.5. The van der Waals surface area contributed by atoms with Gasteiger partial charge in [0.2, 0.25) is 0 Å². The lowest BCUT2D eigenvalue weighted by molar-refractivity contribution is -0.130. The number of nitrogens with one attached hydrogen (secondary N) is 3. The van der Waals surface area contributed by atoms with Crippen LogP contribution in [-0.2, 0) is 4.79 Å². The van der Waals surface area contributed by atoms with Gasteiger partial charge in [-0.1, -0.05) is 19.8 Å². The quantitative estimate of drug-likeness (QED) is 0.153. The Labute approximate surface area is 198 Å². The van der Waals surface area contributed by atoms with E-state index in [1.54, 1.807) is 14.0 Å². The molecule has 0 aromatic heterocycles. The molecule has 172 valence electrons. The van der Waals surface area contributed by atoms with Gasteiger partial charge in [-0.15, -0.1) is 24.0 Å². The minimum absolute atomic E-state index is 0. The maximum Gasteiger partial charge on any atom is 0.325 e. The molecule has 2 saturated heterocycles. The summed E-state index contributed by atoms with van der Waals surface area (Å²) in [7, 11) is 1.78. The molecule has 30 heavy (non-hydrogen) atoms. The van der Waals surface area contributed by atoms with Gasteiger partial charge in [0.1, 0.15) is 5.54 Å². The molecule has 2 heterocycles. The minimum Gasteiger partial charge on any atom is -0.356 e. The van der Waals surface area contributed by atoms with Crippen molar-refractivity contribution >= 4 is 41.9 Å². The number of halogens is 1. The highest BCUT2D eigenvalue weighted by Crippen LogP contribution is 2.26. The third-order valence-corrected chi connectivity index (χ3v) is 6.84. The number of piperidine rings is 1. The molecule has 3 amide bonds. The van der Waals surface area contributed by atoms with Crippen LogP contribution < -0.4 is 16.0 Å². The number of urea groups is 1. The number of imide groups is 1. The van der Waals surface area contributed by atoms with Crippen LogP contribution in [0.4, 0.5) is 4.79 Å². The van der Waals surface area contributed by atoms with Gasteiger partial charge < -0.3 is 20.9 Å². The van der Waals surface area contributed by atoms with Crippen molar-refractivity contribution in [1.82, 2.24) is 25.8 Å². The highest BCUT2D eigenvalue weighted by Gasteiger charge is 2.45. The van der Waals surface area contributed by atoms with Crippen molar-refractivity contribution in [1.29, 1.82) is 0 Å². The predicted octanol–water partition coefficient (Wildman–Crippen LogP) is 2.29. The molecular formula is C21H39IN6O2. The SMILES string of the molecule is CCC1(C)NC(=O)N(CCCNC(=NC)NC2CCN(C3CCCC3)CC2)C1=O.I. The fraction of sp³-hybridized carbons (Fsp3) is 0.857. The summed E-state index contributed by atoms with van der Waals surface area (Å²) in [6.45, 7) is 7.13. The smallest absolute Gasteiger partial charge is 0.325 e. The van der Waals surface area contributed by atoms with Gasteiger partial charge in [0, 0.05) is 45.3 Å². The molecule has 2 aliphatic heterocycles. The lowest BCUT2D eigenvalue weighted by Crippen LogP contribution is -2.50.